The number of alkyl carbamates (subject to hydrolysis) is 1. The van der Waals surface area contributed by atoms with Gasteiger partial charge in [-0.1, -0.05) is 13.8 Å². The van der Waals surface area contributed by atoms with Crippen molar-refractivity contribution >= 4 is 24.3 Å². The minimum Gasteiger partial charge on any atom is -0.477 e. The van der Waals surface area contributed by atoms with Gasteiger partial charge in [-0.2, -0.15) is 5.10 Å². The Morgan fingerprint density at radius 3 is 2.51 bits per heavy atom. The van der Waals surface area contributed by atoms with Gasteiger partial charge in [0, 0.05) is 12.2 Å². The van der Waals surface area contributed by atoms with E-state index in [0.29, 0.717) is 24.0 Å². The molecule has 204 valence electrons. The number of nitrogens with one attached hydrogen (secondary N) is 2. The summed E-state index contributed by atoms with van der Waals surface area (Å²) in [5, 5.41) is 10.4. The Bertz CT molecular complexity index is 1050. The van der Waals surface area contributed by atoms with E-state index >= 15 is 0 Å². The zero-order valence-corrected chi connectivity index (χ0v) is 22.3. The molecule has 3 amide bonds. The molecule has 0 aliphatic heterocycles. The lowest BCUT2D eigenvalue weighted by atomic mass is 9.52. The molecule has 0 radical (unpaired) electrons. The number of primary amides is 1. The number of nitrogens with zero attached hydrogens (tertiary/aromatic N) is 2. The van der Waals surface area contributed by atoms with Crippen LogP contribution in [0.25, 0.3) is 6.20 Å². The standard InChI is InChI=1S/C26H39N5O6/c1-15(2)14-36-22-19(13-28-31(22)7-6-25(3,4)30-24(34)35-5)21(32)29-20-17-8-16-9-18(20)12-26(10-16,11-17)37-23(27)33/h6-7,13,15-18,20H,8-12,14H2,1-5H3,(H2,27,33)(H,29,32)(H,30,34)/b7-6+/t16?,17?,18?,20-,26-. The summed E-state index contributed by atoms with van der Waals surface area (Å²) in [6.45, 7) is 8.09. The van der Waals surface area contributed by atoms with Crippen molar-refractivity contribution in [2.45, 2.75) is 77.0 Å². The Kier molecular flexibility index (Phi) is 7.43. The molecule has 4 saturated carbocycles. The Morgan fingerprint density at radius 1 is 1.24 bits per heavy atom. The van der Waals surface area contributed by atoms with E-state index in [9.17, 15) is 14.4 Å². The average molecular weight is 518 g/mol. The topological polar surface area (TPSA) is 147 Å². The van der Waals surface area contributed by atoms with Crippen molar-refractivity contribution < 1.29 is 28.6 Å². The van der Waals surface area contributed by atoms with Crippen molar-refractivity contribution in [3.8, 4) is 5.88 Å². The fourth-order valence-electron chi connectivity index (χ4n) is 6.37. The van der Waals surface area contributed by atoms with E-state index in [1.165, 1.54) is 18.0 Å². The summed E-state index contributed by atoms with van der Waals surface area (Å²) < 4.78 is 17.8. The molecular formula is C26H39N5O6. The third-order valence-electron chi connectivity index (χ3n) is 7.62. The zero-order valence-electron chi connectivity index (χ0n) is 22.3. The second kappa shape index (κ2) is 10.3. The fraction of sp³-hybridized carbons (Fsp3) is 0.692. The van der Waals surface area contributed by atoms with Crippen LogP contribution in [-0.4, -0.2) is 58.8 Å². The van der Waals surface area contributed by atoms with Crippen LogP contribution >= 0.6 is 0 Å². The predicted molar refractivity (Wildman–Crippen MR) is 136 cm³/mol. The van der Waals surface area contributed by atoms with Crippen LogP contribution in [-0.2, 0) is 9.47 Å². The molecule has 0 spiro atoms. The number of carbonyl (C=O) groups is 3. The van der Waals surface area contributed by atoms with E-state index in [4.69, 9.17) is 15.2 Å². The van der Waals surface area contributed by atoms with Gasteiger partial charge < -0.3 is 30.6 Å². The summed E-state index contributed by atoms with van der Waals surface area (Å²) in [6, 6.07) is -0.00585. The highest BCUT2D eigenvalue weighted by Gasteiger charge is 2.57. The molecule has 11 heteroatoms. The van der Waals surface area contributed by atoms with E-state index in [-0.39, 0.29) is 29.7 Å². The van der Waals surface area contributed by atoms with Crippen molar-refractivity contribution in [1.82, 2.24) is 20.4 Å². The molecule has 1 heterocycles. The molecule has 4 aliphatic rings. The highest BCUT2D eigenvalue weighted by Crippen LogP contribution is 2.57. The Balaban J connectivity index is 1.51. The van der Waals surface area contributed by atoms with Crippen LogP contribution in [0.1, 0.15) is 70.2 Å². The number of aromatic nitrogens is 2. The maximum absolute atomic E-state index is 13.5. The number of hydrogen-bond donors (Lipinski definition) is 3. The van der Waals surface area contributed by atoms with Gasteiger partial charge in [0.15, 0.2) is 0 Å². The molecule has 11 nitrogen and oxygen atoms in total. The van der Waals surface area contributed by atoms with Crippen molar-refractivity contribution in [2.24, 2.45) is 29.4 Å². The van der Waals surface area contributed by atoms with Gasteiger partial charge in [-0.05, 0) is 75.7 Å². The number of nitrogens with two attached hydrogens (primary N) is 1. The van der Waals surface area contributed by atoms with E-state index < -0.39 is 23.3 Å². The molecule has 5 rings (SSSR count). The quantitative estimate of drug-likeness (QED) is 0.455. The monoisotopic (exact) mass is 517 g/mol. The highest BCUT2D eigenvalue weighted by atomic mass is 16.6. The van der Waals surface area contributed by atoms with Crippen LogP contribution in [0.3, 0.4) is 0 Å². The molecule has 4 aliphatic carbocycles. The van der Waals surface area contributed by atoms with Gasteiger partial charge in [0.1, 0.15) is 11.2 Å². The Labute approximate surface area is 217 Å². The number of carbonyl (C=O) groups excluding carboxylic acids is 3. The summed E-state index contributed by atoms with van der Waals surface area (Å²) >= 11 is 0. The van der Waals surface area contributed by atoms with Crippen molar-refractivity contribution in [2.75, 3.05) is 13.7 Å². The third kappa shape index (κ3) is 6.02. The lowest BCUT2D eigenvalue weighted by molar-refractivity contribution is -0.137. The Hall–Kier alpha value is -3.24. The lowest BCUT2D eigenvalue weighted by Crippen LogP contribution is -2.63. The first-order chi connectivity index (χ1) is 17.4. The Morgan fingerprint density at radius 2 is 1.92 bits per heavy atom. The molecule has 2 unspecified atom stereocenters. The second-order valence-electron chi connectivity index (χ2n) is 11.7. The molecule has 37 heavy (non-hydrogen) atoms. The maximum atomic E-state index is 13.5. The largest absolute Gasteiger partial charge is 0.477 e. The van der Waals surface area contributed by atoms with Crippen LogP contribution in [0.4, 0.5) is 9.59 Å². The lowest BCUT2D eigenvalue weighted by Gasteiger charge is -2.58. The molecule has 1 aromatic heterocycles. The number of rotatable bonds is 9. The zero-order chi connectivity index (χ0) is 27.0. The molecule has 0 saturated heterocycles. The fourth-order valence-corrected chi connectivity index (χ4v) is 6.37. The van der Waals surface area contributed by atoms with Crippen molar-refractivity contribution in [3.05, 3.63) is 17.8 Å². The normalized spacial score (nSPS) is 28.4. The van der Waals surface area contributed by atoms with Gasteiger partial charge in [0.2, 0.25) is 5.88 Å². The van der Waals surface area contributed by atoms with Gasteiger partial charge in [-0.15, -0.1) is 0 Å². The SMILES string of the molecule is COC(=O)NC(C)(C)/C=C/n1ncc(C(=O)N[C@H]2C3CC4CC2C[C@](OC(N)=O)(C4)C3)c1OCC(C)C. The van der Waals surface area contributed by atoms with E-state index in [0.717, 1.165) is 32.1 Å². The van der Waals surface area contributed by atoms with E-state index in [1.54, 1.807) is 12.3 Å². The van der Waals surface area contributed by atoms with Gasteiger partial charge in [0.05, 0.1) is 25.5 Å². The molecular weight excluding hydrogens is 478 g/mol. The van der Waals surface area contributed by atoms with Crippen LogP contribution in [0.2, 0.25) is 0 Å². The average Bonchev–Trinajstić information content (AvgIpc) is 3.20. The van der Waals surface area contributed by atoms with Gasteiger partial charge in [-0.3, -0.25) is 4.79 Å². The molecule has 2 atom stereocenters. The van der Waals surface area contributed by atoms with Crippen LogP contribution in [0.15, 0.2) is 12.3 Å². The van der Waals surface area contributed by atoms with Crippen LogP contribution < -0.4 is 21.1 Å². The van der Waals surface area contributed by atoms with Crippen molar-refractivity contribution in [3.63, 3.8) is 0 Å². The first-order valence-corrected chi connectivity index (χ1v) is 13.0. The predicted octanol–water partition coefficient (Wildman–Crippen LogP) is 3.30. The summed E-state index contributed by atoms with van der Waals surface area (Å²) in [5.74, 6) is 1.29. The minimum absolute atomic E-state index is 0.00585. The summed E-state index contributed by atoms with van der Waals surface area (Å²) in [7, 11) is 1.31. The number of ether oxygens (including phenoxy) is 3. The van der Waals surface area contributed by atoms with Crippen LogP contribution in [0.5, 0.6) is 5.88 Å². The van der Waals surface area contributed by atoms with Gasteiger partial charge in [-0.25, -0.2) is 14.3 Å². The molecule has 4 N–H and O–H groups in total. The number of hydrogen-bond acceptors (Lipinski definition) is 7. The van der Waals surface area contributed by atoms with Crippen molar-refractivity contribution in [1.29, 1.82) is 0 Å². The maximum Gasteiger partial charge on any atom is 0.407 e. The first kappa shape index (κ1) is 26.8. The van der Waals surface area contributed by atoms with E-state index in [1.807, 2.05) is 27.7 Å². The molecule has 1 aromatic rings. The van der Waals surface area contributed by atoms with E-state index in [2.05, 4.69) is 20.5 Å². The highest BCUT2D eigenvalue weighted by molar-refractivity contribution is 5.96. The summed E-state index contributed by atoms with van der Waals surface area (Å²) in [5.41, 5.74) is 4.51. The summed E-state index contributed by atoms with van der Waals surface area (Å²) in [4.78, 5) is 36.7. The number of amides is 3. The number of methoxy groups -OCH3 is 1. The molecule has 4 bridgehead atoms. The van der Waals surface area contributed by atoms with Gasteiger partial charge in [0.25, 0.3) is 5.91 Å². The smallest absolute Gasteiger partial charge is 0.407 e. The molecule has 0 aromatic carbocycles. The first-order valence-electron chi connectivity index (χ1n) is 13.0. The molecule has 4 fully saturated rings. The van der Waals surface area contributed by atoms with Gasteiger partial charge >= 0.3 is 12.2 Å². The van der Waals surface area contributed by atoms with Crippen LogP contribution in [0, 0.1) is 23.7 Å². The third-order valence-corrected chi connectivity index (χ3v) is 7.62. The summed E-state index contributed by atoms with van der Waals surface area (Å²) in [6.07, 6.45) is 7.95. The second-order valence-corrected chi connectivity index (χ2v) is 11.7. The minimum atomic E-state index is -0.722.